The summed E-state index contributed by atoms with van der Waals surface area (Å²) in [6, 6.07) is 15.7. The summed E-state index contributed by atoms with van der Waals surface area (Å²) in [6.07, 6.45) is 2.62. The first-order valence-electron chi connectivity index (χ1n) is 9.72. The van der Waals surface area contributed by atoms with Gasteiger partial charge in [-0.05, 0) is 49.9 Å². The summed E-state index contributed by atoms with van der Waals surface area (Å²) in [7, 11) is 0. The molecule has 0 aliphatic heterocycles. The van der Waals surface area contributed by atoms with Gasteiger partial charge in [0.1, 0.15) is 4.88 Å². The largest absolute Gasteiger partial charge is 0.326 e. The van der Waals surface area contributed by atoms with Gasteiger partial charge in [0.15, 0.2) is 0 Å². The minimum Gasteiger partial charge on any atom is -0.326 e. The zero-order valence-corrected chi connectivity index (χ0v) is 17.3. The average molecular weight is 406 g/mol. The van der Waals surface area contributed by atoms with Gasteiger partial charge in [0.05, 0.1) is 10.7 Å². The third-order valence-electron chi connectivity index (χ3n) is 4.95. The van der Waals surface area contributed by atoms with Crippen molar-refractivity contribution in [3.8, 4) is 0 Å². The van der Waals surface area contributed by atoms with Crippen LogP contribution in [0.3, 0.4) is 0 Å². The fourth-order valence-electron chi connectivity index (χ4n) is 3.11. The first kappa shape index (κ1) is 19.3. The molecule has 0 spiro atoms. The normalized spacial score (nSPS) is 13.2. The molecular weight excluding hydrogens is 382 g/mol. The van der Waals surface area contributed by atoms with Gasteiger partial charge in [-0.2, -0.15) is 0 Å². The van der Waals surface area contributed by atoms with E-state index in [1.807, 2.05) is 50.2 Å². The van der Waals surface area contributed by atoms with Crippen LogP contribution in [0.1, 0.15) is 44.3 Å². The Kier molecular flexibility index (Phi) is 5.45. The SMILES string of the molecule is Cc1ccc(NC(=O)C2CC2)cc1NC(=O)c1sc(Cc2ccccc2)nc1C. The molecule has 0 atom stereocenters. The molecular formula is C23H23N3O2S. The van der Waals surface area contributed by atoms with Crippen molar-refractivity contribution in [3.63, 3.8) is 0 Å². The number of anilines is 2. The van der Waals surface area contributed by atoms with Crippen molar-refractivity contribution in [2.45, 2.75) is 33.1 Å². The Morgan fingerprint density at radius 2 is 1.83 bits per heavy atom. The van der Waals surface area contributed by atoms with Crippen molar-refractivity contribution < 1.29 is 9.59 Å². The summed E-state index contributed by atoms with van der Waals surface area (Å²) in [5, 5.41) is 6.83. The Hall–Kier alpha value is -2.99. The molecule has 3 aromatic rings. The molecule has 1 fully saturated rings. The highest BCUT2D eigenvalue weighted by Crippen LogP contribution is 2.31. The van der Waals surface area contributed by atoms with Crippen LogP contribution in [0.15, 0.2) is 48.5 Å². The molecule has 2 aromatic carbocycles. The maximum absolute atomic E-state index is 12.9. The average Bonchev–Trinajstić information content (AvgIpc) is 3.49. The molecule has 1 aliphatic carbocycles. The first-order valence-corrected chi connectivity index (χ1v) is 10.5. The molecule has 6 heteroatoms. The molecule has 1 saturated carbocycles. The van der Waals surface area contributed by atoms with Crippen molar-refractivity contribution in [1.29, 1.82) is 0 Å². The van der Waals surface area contributed by atoms with Crippen molar-refractivity contribution >= 4 is 34.5 Å². The fraction of sp³-hybridized carbons (Fsp3) is 0.261. The van der Waals surface area contributed by atoms with Crippen molar-refractivity contribution in [3.05, 3.63) is 75.2 Å². The van der Waals surface area contributed by atoms with Gasteiger partial charge in [-0.15, -0.1) is 11.3 Å². The van der Waals surface area contributed by atoms with Crippen LogP contribution >= 0.6 is 11.3 Å². The maximum atomic E-state index is 12.9. The van der Waals surface area contributed by atoms with Crippen LogP contribution in [0.2, 0.25) is 0 Å². The van der Waals surface area contributed by atoms with E-state index < -0.39 is 0 Å². The molecule has 0 unspecified atom stereocenters. The molecule has 1 aromatic heterocycles. The molecule has 148 valence electrons. The van der Waals surface area contributed by atoms with Crippen LogP contribution in [0.25, 0.3) is 0 Å². The summed E-state index contributed by atoms with van der Waals surface area (Å²) >= 11 is 1.42. The molecule has 4 rings (SSSR count). The number of benzene rings is 2. The number of hydrogen-bond donors (Lipinski definition) is 2. The highest BCUT2D eigenvalue weighted by Gasteiger charge is 2.29. The second-order valence-corrected chi connectivity index (χ2v) is 8.52. The second-order valence-electron chi connectivity index (χ2n) is 7.43. The molecule has 1 heterocycles. The molecule has 5 nitrogen and oxygen atoms in total. The topological polar surface area (TPSA) is 71.1 Å². The first-order chi connectivity index (χ1) is 14.0. The van der Waals surface area contributed by atoms with E-state index in [4.69, 9.17) is 0 Å². The van der Waals surface area contributed by atoms with Gasteiger partial charge in [0, 0.05) is 23.7 Å². The van der Waals surface area contributed by atoms with Crippen LogP contribution in [-0.4, -0.2) is 16.8 Å². The van der Waals surface area contributed by atoms with Crippen molar-refractivity contribution in [2.24, 2.45) is 5.92 Å². The standard InChI is InChI=1S/C23H23N3O2S/c1-14-8-11-18(25-22(27)17-9-10-17)13-19(14)26-23(28)21-15(2)24-20(29-21)12-16-6-4-3-5-7-16/h3-8,11,13,17H,9-10,12H2,1-2H3,(H,25,27)(H,26,28). The number of aryl methyl sites for hydroxylation is 2. The number of hydrogen-bond acceptors (Lipinski definition) is 4. The molecule has 0 radical (unpaired) electrons. The van der Waals surface area contributed by atoms with Gasteiger partial charge >= 0.3 is 0 Å². The predicted molar refractivity (Wildman–Crippen MR) is 117 cm³/mol. The van der Waals surface area contributed by atoms with E-state index in [-0.39, 0.29) is 17.7 Å². The Morgan fingerprint density at radius 1 is 1.07 bits per heavy atom. The van der Waals surface area contributed by atoms with Gasteiger partial charge in [0.25, 0.3) is 5.91 Å². The van der Waals surface area contributed by atoms with Gasteiger partial charge < -0.3 is 10.6 Å². The Balaban J connectivity index is 1.48. The molecule has 2 amide bonds. The van der Waals surface area contributed by atoms with Crippen LogP contribution in [-0.2, 0) is 11.2 Å². The summed E-state index contributed by atoms with van der Waals surface area (Å²) < 4.78 is 0. The summed E-state index contributed by atoms with van der Waals surface area (Å²) in [5.74, 6) is 0.0142. The van der Waals surface area contributed by atoms with Gasteiger partial charge in [0.2, 0.25) is 5.91 Å². The number of aromatic nitrogens is 1. The highest BCUT2D eigenvalue weighted by atomic mass is 32.1. The third kappa shape index (κ3) is 4.71. The molecule has 0 bridgehead atoms. The third-order valence-corrected chi connectivity index (χ3v) is 6.10. The number of thiazole rings is 1. The zero-order valence-electron chi connectivity index (χ0n) is 16.5. The summed E-state index contributed by atoms with van der Waals surface area (Å²) in [5.41, 5.74) is 4.24. The summed E-state index contributed by atoms with van der Waals surface area (Å²) in [4.78, 5) is 30.1. The lowest BCUT2D eigenvalue weighted by Gasteiger charge is -2.11. The number of carbonyl (C=O) groups excluding carboxylic acids is 2. The lowest BCUT2D eigenvalue weighted by Crippen LogP contribution is -2.15. The van der Waals surface area contributed by atoms with Crippen LogP contribution < -0.4 is 10.6 Å². The van der Waals surface area contributed by atoms with Gasteiger partial charge in [-0.25, -0.2) is 4.98 Å². The highest BCUT2D eigenvalue weighted by molar-refractivity contribution is 7.14. The molecule has 1 aliphatic rings. The molecule has 0 saturated heterocycles. The minimum absolute atomic E-state index is 0.0509. The van der Waals surface area contributed by atoms with Crippen LogP contribution in [0.4, 0.5) is 11.4 Å². The predicted octanol–water partition coefficient (Wildman–Crippen LogP) is 4.95. The van der Waals surface area contributed by atoms with E-state index in [2.05, 4.69) is 27.8 Å². The van der Waals surface area contributed by atoms with Crippen molar-refractivity contribution in [1.82, 2.24) is 4.98 Å². The second kappa shape index (κ2) is 8.17. The van der Waals surface area contributed by atoms with Gasteiger partial charge in [-0.3, -0.25) is 9.59 Å². The van der Waals surface area contributed by atoms with E-state index >= 15 is 0 Å². The zero-order chi connectivity index (χ0) is 20.4. The van der Waals surface area contributed by atoms with Gasteiger partial charge in [-0.1, -0.05) is 36.4 Å². The number of amides is 2. The summed E-state index contributed by atoms with van der Waals surface area (Å²) in [6.45, 7) is 3.79. The smallest absolute Gasteiger partial charge is 0.267 e. The molecule has 2 N–H and O–H groups in total. The monoisotopic (exact) mass is 405 g/mol. The van der Waals surface area contributed by atoms with Crippen LogP contribution in [0.5, 0.6) is 0 Å². The van der Waals surface area contributed by atoms with E-state index in [0.717, 1.165) is 29.1 Å². The molecule has 29 heavy (non-hydrogen) atoms. The quantitative estimate of drug-likeness (QED) is 0.609. The minimum atomic E-state index is -0.173. The van der Waals surface area contributed by atoms with Crippen LogP contribution in [0, 0.1) is 19.8 Å². The Morgan fingerprint density at radius 3 is 2.55 bits per heavy atom. The maximum Gasteiger partial charge on any atom is 0.267 e. The number of nitrogens with zero attached hydrogens (tertiary/aromatic N) is 1. The Bertz CT molecular complexity index is 1060. The Labute approximate surface area is 174 Å². The van der Waals surface area contributed by atoms with Crippen molar-refractivity contribution in [2.75, 3.05) is 10.6 Å². The fourth-order valence-corrected chi connectivity index (χ4v) is 4.11. The lowest BCUT2D eigenvalue weighted by atomic mass is 10.1. The van der Waals surface area contributed by atoms with E-state index in [9.17, 15) is 9.59 Å². The number of carbonyl (C=O) groups is 2. The van der Waals surface area contributed by atoms with E-state index in [0.29, 0.717) is 22.7 Å². The van der Waals surface area contributed by atoms with E-state index in [1.54, 1.807) is 0 Å². The lowest BCUT2D eigenvalue weighted by molar-refractivity contribution is -0.117. The number of nitrogens with one attached hydrogen (secondary N) is 2. The number of rotatable bonds is 6. The van der Waals surface area contributed by atoms with E-state index in [1.165, 1.54) is 16.9 Å².